The van der Waals surface area contributed by atoms with E-state index in [9.17, 15) is 9.59 Å². The molecule has 8 nitrogen and oxygen atoms in total. The van der Waals surface area contributed by atoms with Crippen molar-refractivity contribution in [3.63, 3.8) is 0 Å². The molecule has 1 aromatic carbocycles. The summed E-state index contributed by atoms with van der Waals surface area (Å²) < 4.78 is 11.2. The van der Waals surface area contributed by atoms with Crippen molar-refractivity contribution in [1.82, 2.24) is 19.8 Å². The summed E-state index contributed by atoms with van der Waals surface area (Å²) in [5.74, 6) is -0.221. The quantitative estimate of drug-likeness (QED) is 0.451. The van der Waals surface area contributed by atoms with Gasteiger partial charge in [-0.2, -0.15) is 0 Å². The van der Waals surface area contributed by atoms with E-state index in [1.165, 1.54) is 12.4 Å². The summed E-state index contributed by atoms with van der Waals surface area (Å²) in [5, 5.41) is 0. The highest BCUT2D eigenvalue weighted by atomic mass is 79.9. The predicted molar refractivity (Wildman–Crippen MR) is 115 cm³/mol. The third-order valence-electron chi connectivity index (χ3n) is 4.56. The van der Waals surface area contributed by atoms with Crippen molar-refractivity contribution in [2.24, 2.45) is 0 Å². The van der Waals surface area contributed by atoms with Crippen molar-refractivity contribution in [3.8, 4) is 6.01 Å². The van der Waals surface area contributed by atoms with E-state index in [-0.39, 0.29) is 17.8 Å². The Bertz CT molecular complexity index is 879. The fourth-order valence-electron chi connectivity index (χ4n) is 2.88. The highest BCUT2D eigenvalue weighted by molar-refractivity contribution is 9.10. The van der Waals surface area contributed by atoms with Crippen LogP contribution in [0.15, 0.2) is 47.2 Å². The minimum Gasteiger partial charge on any atom is -0.461 e. The monoisotopic (exact) mass is 474 g/mol. The lowest BCUT2D eigenvalue weighted by Crippen LogP contribution is -2.50. The molecule has 0 bridgehead atoms. The molecule has 0 spiro atoms. The molecule has 0 saturated carbocycles. The van der Waals surface area contributed by atoms with E-state index < -0.39 is 0 Å². The van der Waals surface area contributed by atoms with Crippen LogP contribution in [0.25, 0.3) is 6.08 Å². The Labute approximate surface area is 183 Å². The van der Waals surface area contributed by atoms with Crippen molar-refractivity contribution < 1.29 is 19.1 Å². The van der Waals surface area contributed by atoms with Gasteiger partial charge in [-0.05, 0) is 23.8 Å². The van der Waals surface area contributed by atoms with Crippen molar-refractivity contribution >= 4 is 33.8 Å². The molecule has 1 aliphatic rings. The summed E-state index contributed by atoms with van der Waals surface area (Å²) >= 11 is 3.39. The molecule has 1 aromatic heterocycles. The molecule has 9 heteroatoms. The lowest BCUT2D eigenvalue weighted by molar-refractivity contribution is -0.127. The molecular formula is C21H23BrN4O4. The first-order valence-electron chi connectivity index (χ1n) is 9.52. The summed E-state index contributed by atoms with van der Waals surface area (Å²) in [6.45, 7) is 2.66. The number of methoxy groups -OCH3 is 1. The van der Waals surface area contributed by atoms with E-state index in [2.05, 4.69) is 25.9 Å². The van der Waals surface area contributed by atoms with Crippen LogP contribution in [-0.4, -0.2) is 78.1 Å². The SMILES string of the molecule is COCCOc1ncc(C(=O)N2CCN(C(=O)/C=C/c3ccc(Br)cc3)CC2)cn1. The largest absolute Gasteiger partial charge is 0.461 e. The van der Waals surface area contributed by atoms with Crippen LogP contribution in [0.1, 0.15) is 15.9 Å². The molecule has 1 aliphatic heterocycles. The summed E-state index contributed by atoms with van der Waals surface area (Å²) in [6, 6.07) is 7.92. The van der Waals surface area contributed by atoms with Crippen LogP contribution in [-0.2, 0) is 9.53 Å². The average Bonchev–Trinajstić information content (AvgIpc) is 2.79. The maximum absolute atomic E-state index is 12.6. The van der Waals surface area contributed by atoms with Gasteiger partial charge in [0.2, 0.25) is 5.91 Å². The number of halogens is 1. The van der Waals surface area contributed by atoms with Crippen LogP contribution in [0.4, 0.5) is 0 Å². The molecule has 2 aromatic rings. The van der Waals surface area contributed by atoms with E-state index in [1.54, 1.807) is 29.1 Å². The van der Waals surface area contributed by atoms with Gasteiger partial charge in [0.25, 0.3) is 5.91 Å². The Morgan fingerprint density at radius 3 is 2.30 bits per heavy atom. The Kier molecular flexibility index (Phi) is 7.92. The molecule has 0 unspecified atom stereocenters. The number of carbonyl (C=O) groups is 2. The second-order valence-electron chi connectivity index (χ2n) is 6.60. The first-order chi connectivity index (χ1) is 14.6. The molecular weight excluding hydrogens is 452 g/mol. The lowest BCUT2D eigenvalue weighted by Gasteiger charge is -2.34. The zero-order valence-corrected chi connectivity index (χ0v) is 18.2. The van der Waals surface area contributed by atoms with Crippen molar-refractivity contribution in [1.29, 1.82) is 0 Å². The van der Waals surface area contributed by atoms with Crippen LogP contribution in [0, 0.1) is 0 Å². The van der Waals surface area contributed by atoms with Crippen LogP contribution in [0.5, 0.6) is 6.01 Å². The second kappa shape index (κ2) is 10.8. The minimum atomic E-state index is -0.157. The van der Waals surface area contributed by atoms with Gasteiger partial charge in [0.05, 0.1) is 12.2 Å². The number of aromatic nitrogens is 2. The first-order valence-corrected chi connectivity index (χ1v) is 10.3. The Hall–Kier alpha value is -2.78. The molecule has 0 aliphatic carbocycles. The standard InChI is InChI=1S/C21H23BrN4O4/c1-29-12-13-30-21-23-14-17(15-24-21)20(28)26-10-8-25(9-11-26)19(27)7-4-16-2-5-18(22)6-3-16/h2-7,14-15H,8-13H2,1H3/b7-4+. The van der Waals surface area contributed by atoms with Gasteiger partial charge in [-0.3, -0.25) is 9.59 Å². The lowest BCUT2D eigenvalue weighted by atomic mass is 10.2. The average molecular weight is 475 g/mol. The van der Waals surface area contributed by atoms with Gasteiger partial charge < -0.3 is 19.3 Å². The summed E-state index contributed by atoms with van der Waals surface area (Å²) in [7, 11) is 1.58. The molecule has 0 N–H and O–H groups in total. The zero-order chi connectivity index (χ0) is 21.3. The van der Waals surface area contributed by atoms with Gasteiger partial charge in [0.1, 0.15) is 6.61 Å². The van der Waals surface area contributed by atoms with Crippen molar-refractivity contribution in [2.45, 2.75) is 0 Å². The third kappa shape index (κ3) is 6.11. The minimum absolute atomic E-state index is 0.0640. The first kappa shape index (κ1) is 21.9. The highest BCUT2D eigenvalue weighted by Crippen LogP contribution is 2.13. The number of rotatable bonds is 7. The number of ether oxygens (including phenoxy) is 2. The Balaban J connectivity index is 1.49. The number of carbonyl (C=O) groups excluding carboxylic acids is 2. The topological polar surface area (TPSA) is 84.9 Å². The van der Waals surface area contributed by atoms with Gasteiger partial charge in [0, 0.05) is 56.2 Å². The number of benzene rings is 1. The smallest absolute Gasteiger partial charge is 0.316 e. The molecule has 0 atom stereocenters. The van der Waals surface area contributed by atoms with Gasteiger partial charge >= 0.3 is 6.01 Å². The summed E-state index contributed by atoms with van der Waals surface area (Å²) in [5.41, 5.74) is 1.35. The second-order valence-corrected chi connectivity index (χ2v) is 7.51. The molecule has 0 radical (unpaired) electrons. The molecule has 1 saturated heterocycles. The predicted octanol–water partition coefficient (Wildman–Crippen LogP) is 2.26. The molecule has 1 fully saturated rings. The fraction of sp³-hybridized carbons (Fsp3) is 0.333. The van der Waals surface area contributed by atoms with E-state index >= 15 is 0 Å². The molecule has 2 amide bonds. The molecule has 2 heterocycles. The number of hydrogen-bond acceptors (Lipinski definition) is 6. The summed E-state index contributed by atoms with van der Waals surface area (Å²) in [4.78, 5) is 36.6. The van der Waals surface area contributed by atoms with E-state index in [4.69, 9.17) is 9.47 Å². The van der Waals surface area contributed by atoms with Crippen molar-refractivity contribution in [2.75, 3.05) is 46.5 Å². The Morgan fingerprint density at radius 1 is 1.03 bits per heavy atom. The number of piperazine rings is 1. The Morgan fingerprint density at radius 2 is 1.67 bits per heavy atom. The summed E-state index contributed by atoms with van der Waals surface area (Å²) in [6.07, 6.45) is 6.27. The van der Waals surface area contributed by atoms with Crippen LogP contribution in [0.3, 0.4) is 0 Å². The van der Waals surface area contributed by atoms with E-state index in [1.807, 2.05) is 24.3 Å². The van der Waals surface area contributed by atoms with Gasteiger partial charge in [-0.1, -0.05) is 28.1 Å². The highest BCUT2D eigenvalue weighted by Gasteiger charge is 2.24. The van der Waals surface area contributed by atoms with Gasteiger partial charge in [-0.25, -0.2) is 9.97 Å². The van der Waals surface area contributed by atoms with Gasteiger partial charge in [-0.15, -0.1) is 0 Å². The molecule has 3 rings (SSSR count). The third-order valence-corrected chi connectivity index (χ3v) is 5.09. The normalized spacial score (nSPS) is 14.2. The van der Waals surface area contributed by atoms with E-state index in [0.717, 1.165) is 10.0 Å². The number of amides is 2. The van der Waals surface area contributed by atoms with Crippen molar-refractivity contribution in [3.05, 3.63) is 58.3 Å². The fourth-order valence-corrected chi connectivity index (χ4v) is 3.14. The maximum Gasteiger partial charge on any atom is 0.316 e. The van der Waals surface area contributed by atoms with Gasteiger partial charge in [0.15, 0.2) is 0 Å². The zero-order valence-electron chi connectivity index (χ0n) is 16.7. The van der Waals surface area contributed by atoms with Crippen LogP contribution < -0.4 is 4.74 Å². The molecule has 30 heavy (non-hydrogen) atoms. The number of nitrogens with zero attached hydrogens (tertiary/aromatic N) is 4. The molecule has 158 valence electrons. The van der Waals surface area contributed by atoms with E-state index in [0.29, 0.717) is 45.0 Å². The van der Waals surface area contributed by atoms with Crippen LogP contribution in [0.2, 0.25) is 0 Å². The van der Waals surface area contributed by atoms with Crippen LogP contribution >= 0.6 is 15.9 Å². The maximum atomic E-state index is 12.6. The number of hydrogen-bond donors (Lipinski definition) is 0.